The molecule has 3 heteroatoms. The van der Waals surface area contributed by atoms with Gasteiger partial charge in [0.15, 0.2) is 0 Å². The fraction of sp³-hybridized carbons (Fsp3) is 0.625. The summed E-state index contributed by atoms with van der Waals surface area (Å²) in [7, 11) is 0. The van der Waals surface area contributed by atoms with E-state index in [1.54, 1.807) is 0 Å². The van der Waals surface area contributed by atoms with Crippen LogP contribution in [0.2, 0.25) is 0 Å². The fourth-order valence-electron chi connectivity index (χ4n) is 2.42. The van der Waals surface area contributed by atoms with E-state index in [1.807, 2.05) is 13.8 Å². The predicted molar refractivity (Wildman–Crippen MR) is 82.9 cm³/mol. The van der Waals surface area contributed by atoms with E-state index < -0.39 is 0 Å². The monoisotopic (exact) mass is 264 g/mol. The van der Waals surface area contributed by atoms with Gasteiger partial charge in [0.2, 0.25) is 0 Å². The fourth-order valence-corrected chi connectivity index (χ4v) is 2.42. The van der Waals surface area contributed by atoms with Crippen molar-refractivity contribution in [3.05, 3.63) is 29.8 Å². The molecule has 19 heavy (non-hydrogen) atoms. The molecule has 108 valence electrons. The average molecular weight is 264 g/mol. The van der Waals surface area contributed by atoms with Gasteiger partial charge >= 0.3 is 0 Å². The molecule has 1 fully saturated rings. The van der Waals surface area contributed by atoms with Gasteiger partial charge in [-0.2, -0.15) is 0 Å². The van der Waals surface area contributed by atoms with Gasteiger partial charge < -0.3 is 10.0 Å². The Hall–Kier alpha value is -1.06. The molecular formula is C16H28N2O. The Kier molecular flexibility index (Phi) is 7.53. The first-order chi connectivity index (χ1) is 9.31. The molecule has 1 N–H and O–H groups in total. The zero-order chi connectivity index (χ0) is 14.1. The van der Waals surface area contributed by atoms with E-state index in [1.165, 1.54) is 11.3 Å². The lowest BCUT2D eigenvalue weighted by atomic mass is 10.1. The summed E-state index contributed by atoms with van der Waals surface area (Å²) in [5, 5.41) is 8.83. The van der Waals surface area contributed by atoms with E-state index in [9.17, 15) is 0 Å². The minimum atomic E-state index is 0.304. The third-order valence-corrected chi connectivity index (χ3v) is 3.46. The molecule has 0 amide bonds. The number of rotatable bonds is 4. The Balaban J connectivity index is 0.000000861. The molecule has 0 saturated carbocycles. The maximum absolute atomic E-state index is 8.83. The van der Waals surface area contributed by atoms with Crippen molar-refractivity contribution in [3.8, 4) is 0 Å². The lowest BCUT2D eigenvalue weighted by molar-refractivity contribution is 0.216. The summed E-state index contributed by atoms with van der Waals surface area (Å²) in [5.74, 6) is 0. The molecule has 0 unspecified atom stereocenters. The predicted octanol–water partition coefficient (Wildman–Crippen LogP) is 2.53. The first-order valence-electron chi connectivity index (χ1n) is 7.45. The molecule has 1 aliphatic heterocycles. The second-order valence-corrected chi connectivity index (χ2v) is 4.69. The quantitative estimate of drug-likeness (QED) is 0.905. The van der Waals surface area contributed by atoms with E-state index >= 15 is 0 Å². The molecule has 0 aromatic heterocycles. The Morgan fingerprint density at radius 2 is 1.68 bits per heavy atom. The molecule has 1 heterocycles. The number of anilines is 1. The summed E-state index contributed by atoms with van der Waals surface area (Å²) in [6, 6.07) is 8.59. The van der Waals surface area contributed by atoms with Crippen LogP contribution in [0.4, 0.5) is 5.69 Å². The van der Waals surface area contributed by atoms with Crippen LogP contribution in [-0.4, -0.2) is 49.3 Å². The highest BCUT2D eigenvalue weighted by Crippen LogP contribution is 2.20. The summed E-state index contributed by atoms with van der Waals surface area (Å²) in [6.45, 7) is 11.9. The van der Waals surface area contributed by atoms with Gasteiger partial charge in [-0.05, 0) is 25.0 Å². The number of nitrogens with zero attached hydrogens (tertiary/aromatic N) is 2. The average Bonchev–Trinajstić information content (AvgIpc) is 2.48. The van der Waals surface area contributed by atoms with Gasteiger partial charge in [-0.25, -0.2) is 0 Å². The molecule has 0 spiro atoms. The number of aliphatic hydroxyl groups excluding tert-OH is 1. The van der Waals surface area contributed by atoms with Gasteiger partial charge in [-0.15, -0.1) is 0 Å². The third-order valence-electron chi connectivity index (χ3n) is 3.46. The van der Waals surface area contributed by atoms with Crippen LogP contribution in [0, 0.1) is 6.92 Å². The molecule has 0 atom stereocenters. The number of aryl methyl sites for hydroxylation is 1. The third kappa shape index (κ3) is 4.84. The molecular weight excluding hydrogens is 236 g/mol. The maximum atomic E-state index is 8.83. The number of hydrogen-bond acceptors (Lipinski definition) is 3. The van der Waals surface area contributed by atoms with Gasteiger partial charge in [-0.3, -0.25) is 4.90 Å². The summed E-state index contributed by atoms with van der Waals surface area (Å²) >= 11 is 0. The van der Waals surface area contributed by atoms with E-state index in [4.69, 9.17) is 5.11 Å². The Labute approximate surface area is 117 Å². The van der Waals surface area contributed by atoms with Gasteiger partial charge in [-0.1, -0.05) is 32.0 Å². The number of hydrogen-bond donors (Lipinski definition) is 1. The second kappa shape index (κ2) is 8.94. The summed E-state index contributed by atoms with van der Waals surface area (Å²) in [6.07, 6.45) is 0.893. The van der Waals surface area contributed by atoms with Crippen molar-refractivity contribution < 1.29 is 5.11 Å². The largest absolute Gasteiger partial charge is 0.396 e. The van der Waals surface area contributed by atoms with Crippen molar-refractivity contribution >= 4 is 5.69 Å². The van der Waals surface area contributed by atoms with Crippen LogP contribution in [0.25, 0.3) is 0 Å². The first kappa shape index (κ1) is 16.0. The topological polar surface area (TPSA) is 26.7 Å². The van der Waals surface area contributed by atoms with Crippen molar-refractivity contribution in [1.29, 1.82) is 0 Å². The van der Waals surface area contributed by atoms with Crippen LogP contribution in [0.1, 0.15) is 25.8 Å². The standard InChI is InChI=1S/C14H22N2O.C2H6/c1-13-5-2-3-6-14(13)16-10-8-15(9-11-16)7-4-12-17;1-2/h2-3,5-6,17H,4,7-12H2,1H3;1-2H3. The van der Waals surface area contributed by atoms with Crippen molar-refractivity contribution in [2.24, 2.45) is 0 Å². The Bertz CT molecular complexity index is 346. The Morgan fingerprint density at radius 3 is 2.26 bits per heavy atom. The highest BCUT2D eigenvalue weighted by Gasteiger charge is 2.17. The van der Waals surface area contributed by atoms with E-state index in [-0.39, 0.29) is 0 Å². The van der Waals surface area contributed by atoms with Crippen LogP contribution in [-0.2, 0) is 0 Å². The Morgan fingerprint density at radius 1 is 1.05 bits per heavy atom. The summed E-state index contributed by atoms with van der Waals surface area (Å²) < 4.78 is 0. The molecule has 0 radical (unpaired) electrons. The van der Waals surface area contributed by atoms with Crippen molar-refractivity contribution in [2.45, 2.75) is 27.2 Å². The van der Waals surface area contributed by atoms with Gasteiger partial charge in [0, 0.05) is 45.0 Å². The SMILES string of the molecule is CC.Cc1ccccc1N1CCN(CCCO)CC1. The molecule has 3 nitrogen and oxygen atoms in total. The van der Waals surface area contributed by atoms with Crippen molar-refractivity contribution in [3.63, 3.8) is 0 Å². The minimum Gasteiger partial charge on any atom is -0.396 e. The number of para-hydroxylation sites is 1. The van der Waals surface area contributed by atoms with Gasteiger partial charge in [0.1, 0.15) is 0 Å². The summed E-state index contributed by atoms with van der Waals surface area (Å²) in [4.78, 5) is 4.90. The first-order valence-corrected chi connectivity index (χ1v) is 7.45. The van der Waals surface area contributed by atoms with E-state index in [0.29, 0.717) is 6.61 Å². The molecule has 1 aromatic carbocycles. The van der Waals surface area contributed by atoms with Crippen LogP contribution in [0.15, 0.2) is 24.3 Å². The van der Waals surface area contributed by atoms with Gasteiger partial charge in [0.05, 0.1) is 0 Å². The number of piperazine rings is 1. The number of benzene rings is 1. The van der Waals surface area contributed by atoms with Crippen molar-refractivity contribution in [1.82, 2.24) is 4.90 Å². The molecule has 1 aliphatic rings. The molecule has 0 bridgehead atoms. The van der Waals surface area contributed by atoms with Crippen LogP contribution in [0.5, 0.6) is 0 Å². The van der Waals surface area contributed by atoms with Crippen LogP contribution in [0.3, 0.4) is 0 Å². The highest BCUT2D eigenvalue weighted by molar-refractivity contribution is 5.53. The molecule has 2 rings (SSSR count). The maximum Gasteiger partial charge on any atom is 0.0443 e. The smallest absolute Gasteiger partial charge is 0.0443 e. The van der Waals surface area contributed by atoms with Crippen LogP contribution >= 0.6 is 0 Å². The highest BCUT2D eigenvalue weighted by atomic mass is 16.3. The van der Waals surface area contributed by atoms with Crippen LogP contribution < -0.4 is 4.90 Å². The second-order valence-electron chi connectivity index (χ2n) is 4.69. The van der Waals surface area contributed by atoms with Gasteiger partial charge in [0.25, 0.3) is 0 Å². The molecule has 1 saturated heterocycles. The van der Waals surface area contributed by atoms with E-state index in [0.717, 1.165) is 39.1 Å². The normalized spacial score (nSPS) is 15.9. The molecule has 0 aliphatic carbocycles. The summed E-state index contributed by atoms with van der Waals surface area (Å²) in [5.41, 5.74) is 2.73. The molecule has 1 aromatic rings. The zero-order valence-corrected chi connectivity index (χ0v) is 12.6. The lowest BCUT2D eigenvalue weighted by Crippen LogP contribution is -2.46. The number of aliphatic hydroxyl groups is 1. The lowest BCUT2D eigenvalue weighted by Gasteiger charge is -2.36. The minimum absolute atomic E-state index is 0.304. The van der Waals surface area contributed by atoms with E-state index in [2.05, 4.69) is 41.0 Å². The van der Waals surface area contributed by atoms with Crippen molar-refractivity contribution in [2.75, 3.05) is 44.2 Å². The zero-order valence-electron chi connectivity index (χ0n) is 12.6.